The summed E-state index contributed by atoms with van der Waals surface area (Å²) in [4.78, 5) is 26.6. The summed E-state index contributed by atoms with van der Waals surface area (Å²) in [6.45, 7) is 2.19. The van der Waals surface area contributed by atoms with Crippen LogP contribution < -0.4 is 5.32 Å². The van der Waals surface area contributed by atoms with Crippen molar-refractivity contribution >= 4 is 38.3 Å². The number of non-ortho nitro benzene ring substituents is 1. The molecule has 0 bridgehead atoms. The molecule has 1 aliphatic heterocycles. The number of rotatable bonds is 5. The first kappa shape index (κ1) is 19.2. The Labute approximate surface area is 159 Å². The first-order chi connectivity index (χ1) is 12.8. The molecular weight excluding hydrogens is 396 g/mol. The van der Waals surface area contributed by atoms with Crippen LogP contribution >= 0.6 is 11.3 Å². The number of hydrogen-bond donors (Lipinski definition) is 1. The van der Waals surface area contributed by atoms with E-state index >= 15 is 0 Å². The molecule has 2 aromatic rings. The molecule has 1 aromatic heterocycles. The Morgan fingerprint density at radius 2 is 2.26 bits per heavy atom. The Balaban J connectivity index is 1.81. The van der Waals surface area contributed by atoms with Gasteiger partial charge in [-0.05, 0) is 13.0 Å². The van der Waals surface area contributed by atoms with Crippen molar-refractivity contribution in [2.45, 2.75) is 24.8 Å². The molecule has 27 heavy (non-hydrogen) atoms. The van der Waals surface area contributed by atoms with Crippen LogP contribution in [0, 0.1) is 10.1 Å². The third-order valence-electron chi connectivity index (χ3n) is 3.85. The van der Waals surface area contributed by atoms with Crippen molar-refractivity contribution in [3.05, 3.63) is 45.0 Å². The van der Waals surface area contributed by atoms with Crippen LogP contribution in [0.3, 0.4) is 0 Å². The van der Waals surface area contributed by atoms with E-state index in [1.54, 1.807) is 6.92 Å². The van der Waals surface area contributed by atoms with Crippen LogP contribution in [0.25, 0.3) is 0 Å². The summed E-state index contributed by atoms with van der Waals surface area (Å²) in [6, 6.07) is 4.96. The Morgan fingerprint density at radius 3 is 2.96 bits per heavy atom. The highest BCUT2D eigenvalue weighted by molar-refractivity contribution is 7.89. The van der Waals surface area contributed by atoms with E-state index in [1.165, 1.54) is 33.8 Å². The number of carbonyl (C=O) groups excluding carboxylic acids is 1. The van der Waals surface area contributed by atoms with E-state index in [0.717, 1.165) is 11.8 Å². The Bertz CT molecular complexity index is 988. The number of nitrogens with one attached hydrogen (secondary N) is 1. The topological polar surface area (TPSA) is 132 Å². The van der Waals surface area contributed by atoms with Gasteiger partial charge in [0.2, 0.25) is 10.0 Å². The second kappa shape index (κ2) is 7.58. The molecule has 1 aromatic carbocycles. The maximum atomic E-state index is 12.8. The van der Waals surface area contributed by atoms with Crippen molar-refractivity contribution in [2.75, 3.05) is 18.5 Å². The molecule has 0 radical (unpaired) electrons. The number of nitro benzene ring substituents is 1. The largest absolute Gasteiger partial charge is 0.450 e. The van der Waals surface area contributed by atoms with Gasteiger partial charge in [-0.15, -0.1) is 0 Å². The molecule has 0 atom stereocenters. The van der Waals surface area contributed by atoms with Gasteiger partial charge in [0.05, 0.1) is 28.7 Å². The summed E-state index contributed by atoms with van der Waals surface area (Å²) >= 11 is 1.18. The van der Waals surface area contributed by atoms with Gasteiger partial charge in [-0.1, -0.05) is 17.4 Å². The van der Waals surface area contributed by atoms with Crippen LogP contribution in [0.15, 0.2) is 29.2 Å². The molecule has 2 heterocycles. The number of nitrogens with zero attached hydrogens (tertiary/aromatic N) is 3. The summed E-state index contributed by atoms with van der Waals surface area (Å²) in [6.07, 6.45) is -0.241. The summed E-state index contributed by atoms with van der Waals surface area (Å²) < 4.78 is 31.7. The van der Waals surface area contributed by atoms with Gasteiger partial charge in [0.25, 0.3) is 5.69 Å². The highest BCUT2D eigenvalue weighted by Crippen LogP contribution is 2.31. The average Bonchev–Trinajstić information content (AvgIpc) is 3.03. The second-order valence-electron chi connectivity index (χ2n) is 5.58. The summed E-state index contributed by atoms with van der Waals surface area (Å²) in [7, 11) is -3.89. The SMILES string of the molecule is CCOC(=O)Nc1nc2c(s1)CN(S(=O)(=O)c1cccc([N+](=O)[O-])c1)CC2. The minimum Gasteiger partial charge on any atom is -0.450 e. The lowest BCUT2D eigenvalue weighted by molar-refractivity contribution is -0.385. The van der Waals surface area contributed by atoms with Crippen molar-refractivity contribution in [1.82, 2.24) is 9.29 Å². The molecule has 0 saturated carbocycles. The fraction of sp³-hybridized carbons (Fsp3) is 0.333. The van der Waals surface area contributed by atoms with E-state index in [0.29, 0.717) is 16.4 Å². The maximum Gasteiger partial charge on any atom is 0.413 e. The molecular formula is C15H16N4O6S2. The Morgan fingerprint density at radius 1 is 1.48 bits per heavy atom. The number of thiazole rings is 1. The van der Waals surface area contributed by atoms with Crippen molar-refractivity contribution < 1.29 is 22.9 Å². The van der Waals surface area contributed by atoms with Gasteiger partial charge in [-0.25, -0.2) is 18.2 Å². The number of hydrogen-bond acceptors (Lipinski definition) is 8. The van der Waals surface area contributed by atoms with Crippen molar-refractivity contribution in [2.24, 2.45) is 0 Å². The van der Waals surface area contributed by atoms with E-state index in [1.807, 2.05) is 0 Å². The van der Waals surface area contributed by atoms with E-state index < -0.39 is 21.0 Å². The first-order valence-electron chi connectivity index (χ1n) is 7.98. The summed E-state index contributed by atoms with van der Waals surface area (Å²) in [5.41, 5.74) is 0.435. The third kappa shape index (κ3) is 4.07. The monoisotopic (exact) mass is 412 g/mol. The molecule has 0 fully saturated rings. The number of sulfonamides is 1. The molecule has 10 nitrogen and oxygen atoms in total. The van der Waals surface area contributed by atoms with Gasteiger partial charge in [0.15, 0.2) is 5.13 Å². The quantitative estimate of drug-likeness (QED) is 0.589. The number of benzene rings is 1. The lowest BCUT2D eigenvalue weighted by Crippen LogP contribution is -2.35. The highest BCUT2D eigenvalue weighted by atomic mass is 32.2. The number of fused-ring (bicyclic) bond motifs is 1. The van der Waals surface area contributed by atoms with Gasteiger partial charge < -0.3 is 4.74 Å². The van der Waals surface area contributed by atoms with Crippen LogP contribution in [0.1, 0.15) is 17.5 Å². The Hall–Kier alpha value is -2.57. The minimum absolute atomic E-state index is 0.0858. The molecule has 12 heteroatoms. The zero-order valence-corrected chi connectivity index (χ0v) is 15.9. The molecule has 1 aliphatic rings. The van der Waals surface area contributed by atoms with E-state index in [-0.39, 0.29) is 30.3 Å². The molecule has 3 rings (SSSR count). The fourth-order valence-corrected chi connectivity index (χ4v) is 5.13. The van der Waals surface area contributed by atoms with Crippen LogP contribution in [0.2, 0.25) is 0 Å². The number of aromatic nitrogens is 1. The minimum atomic E-state index is -3.89. The molecule has 0 spiro atoms. The molecule has 1 N–H and O–H groups in total. The summed E-state index contributed by atoms with van der Waals surface area (Å²) in [5, 5.41) is 13.8. The van der Waals surface area contributed by atoms with Gasteiger partial charge in [-0.3, -0.25) is 15.4 Å². The molecule has 144 valence electrons. The molecule has 1 amide bonds. The van der Waals surface area contributed by atoms with Gasteiger partial charge >= 0.3 is 6.09 Å². The van der Waals surface area contributed by atoms with Crippen LogP contribution in [0.5, 0.6) is 0 Å². The number of ether oxygens (including phenoxy) is 1. The first-order valence-corrected chi connectivity index (χ1v) is 10.2. The van der Waals surface area contributed by atoms with Gasteiger partial charge in [0.1, 0.15) is 0 Å². The van der Waals surface area contributed by atoms with Crippen molar-refractivity contribution in [3.8, 4) is 0 Å². The average molecular weight is 412 g/mol. The highest BCUT2D eigenvalue weighted by Gasteiger charge is 2.31. The number of carbonyl (C=O) groups is 1. The smallest absolute Gasteiger partial charge is 0.413 e. The standard InChI is InChI=1S/C15H16N4O6S2/c1-2-25-15(20)17-14-16-12-6-7-18(9-13(12)26-14)27(23,24)11-5-3-4-10(8-11)19(21)22/h3-5,8H,2,6-7,9H2,1H3,(H,16,17,20). The van der Waals surface area contributed by atoms with Crippen molar-refractivity contribution in [3.63, 3.8) is 0 Å². The predicted octanol–water partition coefficient (Wildman–Crippen LogP) is 2.37. The van der Waals surface area contributed by atoms with Crippen LogP contribution in [-0.4, -0.2) is 41.9 Å². The Kier molecular flexibility index (Phi) is 5.39. The van der Waals surface area contributed by atoms with E-state index in [4.69, 9.17) is 4.74 Å². The zero-order chi connectivity index (χ0) is 19.6. The molecule has 0 saturated heterocycles. The molecule has 0 aliphatic carbocycles. The van der Waals surface area contributed by atoms with Gasteiger partial charge in [-0.2, -0.15) is 4.31 Å². The molecule has 0 unspecified atom stereocenters. The lowest BCUT2D eigenvalue weighted by atomic mass is 10.2. The zero-order valence-electron chi connectivity index (χ0n) is 14.2. The third-order valence-corrected chi connectivity index (χ3v) is 6.69. The maximum absolute atomic E-state index is 12.8. The van der Waals surface area contributed by atoms with E-state index in [2.05, 4.69) is 10.3 Å². The number of nitro groups is 1. The predicted molar refractivity (Wildman–Crippen MR) is 97.2 cm³/mol. The van der Waals surface area contributed by atoms with Crippen LogP contribution in [0.4, 0.5) is 15.6 Å². The lowest BCUT2D eigenvalue weighted by Gasteiger charge is -2.25. The van der Waals surface area contributed by atoms with Crippen LogP contribution in [-0.2, 0) is 27.7 Å². The summed E-state index contributed by atoms with van der Waals surface area (Å²) in [5.74, 6) is 0. The van der Waals surface area contributed by atoms with Gasteiger partial charge in [0, 0.05) is 30.0 Å². The number of anilines is 1. The van der Waals surface area contributed by atoms with E-state index in [9.17, 15) is 23.3 Å². The fourth-order valence-electron chi connectivity index (χ4n) is 2.59. The normalized spacial score (nSPS) is 14.4. The van der Waals surface area contributed by atoms with Crippen molar-refractivity contribution in [1.29, 1.82) is 0 Å². The number of amides is 1. The second-order valence-corrected chi connectivity index (χ2v) is 8.60.